The van der Waals surface area contributed by atoms with E-state index in [1.165, 1.54) is 0 Å². The van der Waals surface area contributed by atoms with Crippen LogP contribution in [-0.4, -0.2) is 6.03 Å². The van der Waals surface area contributed by atoms with Crippen molar-refractivity contribution in [2.45, 2.75) is 13.0 Å². The summed E-state index contributed by atoms with van der Waals surface area (Å²) in [5.74, 6) is 0. The van der Waals surface area contributed by atoms with Gasteiger partial charge in [0.15, 0.2) is 0 Å². The molecule has 0 saturated heterocycles. The van der Waals surface area contributed by atoms with E-state index in [4.69, 9.17) is 23.2 Å². The van der Waals surface area contributed by atoms with Crippen LogP contribution in [0, 0.1) is 0 Å². The smallest absolute Gasteiger partial charge is 0.319 e. The Morgan fingerprint density at radius 2 is 1.70 bits per heavy atom. The minimum atomic E-state index is -0.292. The van der Waals surface area contributed by atoms with Gasteiger partial charge < -0.3 is 10.6 Å². The first kappa shape index (κ1) is 14.7. The highest BCUT2D eigenvalue weighted by Gasteiger charge is 2.09. The molecule has 0 aliphatic carbocycles. The number of carbonyl (C=O) groups is 1. The first-order chi connectivity index (χ1) is 9.54. The first-order valence-corrected chi connectivity index (χ1v) is 6.89. The lowest BCUT2D eigenvalue weighted by Gasteiger charge is -2.15. The third-order valence-electron chi connectivity index (χ3n) is 2.78. The molecule has 0 spiro atoms. The minimum absolute atomic E-state index is 0.145. The topological polar surface area (TPSA) is 41.1 Å². The molecule has 0 fully saturated rings. The molecule has 104 valence electrons. The number of carbonyl (C=O) groups excluding carboxylic acids is 1. The third kappa shape index (κ3) is 4.15. The molecule has 5 heteroatoms. The lowest BCUT2D eigenvalue weighted by molar-refractivity contribution is 0.249. The number of hydrogen-bond donors (Lipinski definition) is 2. The number of benzene rings is 2. The minimum Gasteiger partial charge on any atom is -0.331 e. The quantitative estimate of drug-likeness (QED) is 0.834. The average molecular weight is 309 g/mol. The number of nitrogens with one attached hydrogen (secondary N) is 2. The van der Waals surface area contributed by atoms with Crippen LogP contribution in [0.1, 0.15) is 18.5 Å². The van der Waals surface area contributed by atoms with Crippen LogP contribution < -0.4 is 10.6 Å². The monoisotopic (exact) mass is 308 g/mol. The molecule has 1 atom stereocenters. The van der Waals surface area contributed by atoms with Gasteiger partial charge in [-0.15, -0.1) is 0 Å². The summed E-state index contributed by atoms with van der Waals surface area (Å²) in [7, 11) is 0. The molecule has 0 radical (unpaired) electrons. The highest BCUT2D eigenvalue weighted by molar-refractivity contribution is 6.31. The number of rotatable bonds is 3. The second kappa shape index (κ2) is 6.64. The van der Waals surface area contributed by atoms with Crippen molar-refractivity contribution in [1.82, 2.24) is 5.32 Å². The summed E-state index contributed by atoms with van der Waals surface area (Å²) in [6, 6.07) is 13.9. The molecule has 2 aromatic rings. The second-order valence-electron chi connectivity index (χ2n) is 4.39. The van der Waals surface area contributed by atoms with Gasteiger partial charge in [-0.25, -0.2) is 4.79 Å². The Labute approximate surface area is 127 Å². The maximum Gasteiger partial charge on any atom is 0.319 e. The summed E-state index contributed by atoms with van der Waals surface area (Å²) in [4.78, 5) is 11.9. The maximum atomic E-state index is 11.9. The van der Waals surface area contributed by atoms with Crippen LogP contribution >= 0.6 is 23.2 Å². The van der Waals surface area contributed by atoms with Crippen molar-refractivity contribution < 1.29 is 4.79 Å². The Morgan fingerprint density at radius 3 is 2.35 bits per heavy atom. The van der Waals surface area contributed by atoms with E-state index in [-0.39, 0.29) is 12.1 Å². The van der Waals surface area contributed by atoms with Crippen molar-refractivity contribution >= 4 is 34.9 Å². The lowest BCUT2D eigenvalue weighted by Crippen LogP contribution is -2.31. The molecule has 1 unspecified atom stereocenters. The predicted molar refractivity (Wildman–Crippen MR) is 83.5 cm³/mol. The Morgan fingerprint density at radius 1 is 1.05 bits per heavy atom. The molecule has 2 amide bonds. The van der Waals surface area contributed by atoms with E-state index >= 15 is 0 Å². The third-order valence-corrected chi connectivity index (χ3v) is 3.25. The van der Waals surface area contributed by atoms with Gasteiger partial charge in [0, 0.05) is 15.7 Å². The highest BCUT2D eigenvalue weighted by atomic mass is 35.5. The summed E-state index contributed by atoms with van der Waals surface area (Å²) >= 11 is 11.8. The summed E-state index contributed by atoms with van der Waals surface area (Å²) in [5.41, 5.74) is 1.59. The zero-order valence-electron chi connectivity index (χ0n) is 10.9. The largest absolute Gasteiger partial charge is 0.331 e. The van der Waals surface area contributed by atoms with E-state index < -0.39 is 0 Å². The van der Waals surface area contributed by atoms with Crippen molar-refractivity contribution in [2.75, 3.05) is 5.32 Å². The van der Waals surface area contributed by atoms with E-state index in [1.807, 2.05) is 25.1 Å². The predicted octanol–water partition coefficient (Wildman–Crippen LogP) is 4.88. The van der Waals surface area contributed by atoms with Crippen LogP contribution in [0.15, 0.2) is 48.5 Å². The molecule has 2 rings (SSSR count). The van der Waals surface area contributed by atoms with E-state index in [1.54, 1.807) is 30.3 Å². The zero-order valence-corrected chi connectivity index (χ0v) is 12.4. The van der Waals surface area contributed by atoms with Crippen molar-refractivity contribution in [1.29, 1.82) is 0 Å². The molecule has 2 N–H and O–H groups in total. The number of amides is 2. The molecular formula is C15H14Cl2N2O. The number of hydrogen-bond acceptors (Lipinski definition) is 1. The van der Waals surface area contributed by atoms with Crippen molar-refractivity contribution in [3.8, 4) is 0 Å². The Kier molecular flexibility index (Phi) is 4.88. The number of urea groups is 1. The molecule has 2 aromatic carbocycles. The SMILES string of the molecule is CC(NC(=O)Nc1cccc(Cl)c1)c1cccc(Cl)c1. The Balaban J connectivity index is 1.97. The first-order valence-electron chi connectivity index (χ1n) is 6.13. The zero-order chi connectivity index (χ0) is 14.5. The van der Waals surface area contributed by atoms with Gasteiger partial charge in [-0.05, 0) is 42.8 Å². The van der Waals surface area contributed by atoms with Crippen molar-refractivity contribution in [3.05, 3.63) is 64.1 Å². The molecule has 0 aliphatic heterocycles. The van der Waals surface area contributed by atoms with E-state index in [2.05, 4.69) is 10.6 Å². The summed E-state index contributed by atoms with van der Waals surface area (Å²) in [6.07, 6.45) is 0. The van der Waals surface area contributed by atoms with Crippen molar-refractivity contribution in [2.24, 2.45) is 0 Å². The summed E-state index contributed by atoms with van der Waals surface area (Å²) in [6.45, 7) is 1.89. The highest BCUT2D eigenvalue weighted by Crippen LogP contribution is 2.18. The molecule has 0 bridgehead atoms. The van der Waals surface area contributed by atoms with Crippen LogP contribution in [-0.2, 0) is 0 Å². The van der Waals surface area contributed by atoms with Gasteiger partial charge in [-0.2, -0.15) is 0 Å². The van der Waals surface area contributed by atoms with E-state index in [9.17, 15) is 4.79 Å². The fourth-order valence-electron chi connectivity index (χ4n) is 1.79. The second-order valence-corrected chi connectivity index (χ2v) is 5.26. The summed E-state index contributed by atoms with van der Waals surface area (Å²) in [5, 5.41) is 6.79. The van der Waals surface area contributed by atoms with Crippen LogP contribution in [0.3, 0.4) is 0 Å². The standard InChI is InChI=1S/C15H14Cl2N2O/c1-10(11-4-2-5-12(16)8-11)18-15(20)19-14-7-3-6-13(17)9-14/h2-10H,1H3,(H2,18,19,20). The van der Waals surface area contributed by atoms with Gasteiger partial charge in [-0.3, -0.25) is 0 Å². The van der Waals surface area contributed by atoms with Crippen LogP contribution in [0.4, 0.5) is 10.5 Å². The molecule has 20 heavy (non-hydrogen) atoms. The normalized spacial score (nSPS) is 11.8. The average Bonchev–Trinajstić information content (AvgIpc) is 2.38. The Hall–Kier alpha value is -1.71. The maximum absolute atomic E-state index is 11.9. The molecule has 0 heterocycles. The van der Waals surface area contributed by atoms with Gasteiger partial charge in [0.25, 0.3) is 0 Å². The number of anilines is 1. The molecule has 0 aromatic heterocycles. The van der Waals surface area contributed by atoms with Gasteiger partial charge in [0.1, 0.15) is 0 Å². The molecular weight excluding hydrogens is 295 g/mol. The van der Waals surface area contributed by atoms with Crippen LogP contribution in [0.2, 0.25) is 10.0 Å². The lowest BCUT2D eigenvalue weighted by atomic mass is 10.1. The van der Waals surface area contributed by atoms with Gasteiger partial charge >= 0.3 is 6.03 Å². The number of halogens is 2. The van der Waals surface area contributed by atoms with E-state index in [0.29, 0.717) is 15.7 Å². The molecule has 0 saturated carbocycles. The van der Waals surface area contributed by atoms with Gasteiger partial charge in [-0.1, -0.05) is 41.4 Å². The van der Waals surface area contributed by atoms with Crippen LogP contribution in [0.25, 0.3) is 0 Å². The molecule has 3 nitrogen and oxygen atoms in total. The fourth-order valence-corrected chi connectivity index (χ4v) is 2.18. The summed E-state index contributed by atoms with van der Waals surface area (Å²) < 4.78 is 0. The van der Waals surface area contributed by atoms with Gasteiger partial charge in [0.2, 0.25) is 0 Å². The Bertz CT molecular complexity index is 616. The van der Waals surface area contributed by atoms with Crippen LogP contribution in [0.5, 0.6) is 0 Å². The molecule has 0 aliphatic rings. The van der Waals surface area contributed by atoms with Gasteiger partial charge in [0.05, 0.1) is 6.04 Å². The fraction of sp³-hybridized carbons (Fsp3) is 0.133. The van der Waals surface area contributed by atoms with Crippen molar-refractivity contribution in [3.63, 3.8) is 0 Å². The van der Waals surface area contributed by atoms with E-state index in [0.717, 1.165) is 5.56 Å².